The average Bonchev–Trinajstić information content (AvgIpc) is 3.02. The molecule has 0 unspecified atom stereocenters. The molecule has 5 nitrogen and oxygen atoms in total. The molecule has 1 fully saturated rings. The topological polar surface area (TPSA) is 70.3 Å². The lowest BCUT2D eigenvalue weighted by Gasteiger charge is -2.12. The number of aromatic nitrogens is 2. The summed E-state index contributed by atoms with van der Waals surface area (Å²) in [5.41, 5.74) is 6.25. The van der Waals surface area contributed by atoms with Gasteiger partial charge in [0.1, 0.15) is 6.33 Å². The first-order valence-electron chi connectivity index (χ1n) is 5.56. The highest BCUT2D eigenvalue weighted by Crippen LogP contribution is 2.32. The maximum Gasteiger partial charge on any atom is 0.244 e. The average molecular weight is 223 g/mol. The standard InChI is InChI=1S/C11H17N3O2/c1-7(2)16-11-9(12)10(13-6-14-11)15-5-8-3-4-8/h6-8H,3-5,12H2,1-2H3. The van der Waals surface area contributed by atoms with E-state index in [4.69, 9.17) is 15.2 Å². The van der Waals surface area contributed by atoms with Crippen LogP contribution in [0, 0.1) is 5.92 Å². The molecule has 16 heavy (non-hydrogen) atoms. The molecule has 0 saturated heterocycles. The Bertz CT molecular complexity index is 364. The Morgan fingerprint density at radius 1 is 1.38 bits per heavy atom. The first-order valence-corrected chi connectivity index (χ1v) is 5.56. The number of nitrogens with two attached hydrogens (primary N) is 1. The molecule has 88 valence electrons. The Morgan fingerprint density at radius 3 is 2.69 bits per heavy atom. The van der Waals surface area contributed by atoms with Crippen LogP contribution in [0.25, 0.3) is 0 Å². The predicted molar refractivity (Wildman–Crippen MR) is 60.4 cm³/mol. The number of nitrogens with zero attached hydrogens (tertiary/aromatic N) is 2. The molecule has 0 aromatic carbocycles. The van der Waals surface area contributed by atoms with Gasteiger partial charge in [-0.1, -0.05) is 0 Å². The van der Waals surface area contributed by atoms with Crippen LogP contribution < -0.4 is 15.2 Å². The van der Waals surface area contributed by atoms with Gasteiger partial charge in [0.15, 0.2) is 5.69 Å². The fourth-order valence-corrected chi connectivity index (χ4v) is 1.28. The van der Waals surface area contributed by atoms with E-state index in [0.717, 1.165) is 0 Å². The molecule has 0 amide bonds. The van der Waals surface area contributed by atoms with Crippen LogP contribution in [0.5, 0.6) is 11.8 Å². The van der Waals surface area contributed by atoms with Crippen LogP contribution >= 0.6 is 0 Å². The molecular weight excluding hydrogens is 206 g/mol. The summed E-state index contributed by atoms with van der Waals surface area (Å²) in [6, 6.07) is 0. The monoisotopic (exact) mass is 223 g/mol. The van der Waals surface area contributed by atoms with Gasteiger partial charge in [0.05, 0.1) is 12.7 Å². The fourth-order valence-electron chi connectivity index (χ4n) is 1.28. The molecule has 1 aromatic rings. The highest BCUT2D eigenvalue weighted by molar-refractivity contribution is 5.55. The molecule has 1 aromatic heterocycles. The minimum absolute atomic E-state index is 0.0356. The summed E-state index contributed by atoms with van der Waals surface area (Å²) in [7, 11) is 0. The summed E-state index contributed by atoms with van der Waals surface area (Å²) >= 11 is 0. The van der Waals surface area contributed by atoms with Crippen LogP contribution in [0.3, 0.4) is 0 Å². The van der Waals surface area contributed by atoms with Crippen LogP contribution in [0.15, 0.2) is 6.33 Å². The van der Waals surface area contributed by atoms with Crippen LogP contribution in [-0.2, 0) is 0 Å². The number of hydrogen-bond acceptors (Lipinski definition) is 5. The first-order chi connectivity index (χ1) is 7.66. The molecule has 5 heteroatoms. The van der Waals surface area contributed by atoms with Gasteiger partial charge in [0, 0.05) is 0 Å². The molecular formula is C11H17N3O2. The SMILES string of the molecule is CC(C)Oc1ncnc(OCC2CC2)c1N. The molecule has 0 radical (unpaired) electrons. The van der Waals surface area contributed by atoms with E-state index in [1.165, 1.54) is 19.2 Å². The van der Waals surface area contributed by atoms with Crippen molar-refractivity contribution in [3.63, 3.8) is 0 Å². The van der Waals surface area contributed by atoms with Gasteiger partial charge in [-0.3, -0.25) is 0 Å². The number of hydrogen-bond donors (Lipinski definition) is 1. The van der Waals surface area contributed by atoms with Crippen molar-refractivity contribution >= 4 is 5.69 Å². The number of ether oxygens (including phenoxy) is 2. The lowest BCUT2D eigenvalue weighted by molar-refractivity contribution is 0.230. The third-order valence-corrected chi connectivity index (χ3v) is 2.31. The van der Waals surface area contributed by atoms with Gasteiger partial charge in [0.2, 0.25) is 11.8 Å². The summed E-state index contributed by atoms with van der Waals surface area (Å²) in [5, 5.41) is 0. The quantitative estimate of drug-likeness (QED) is 0.821. The van der Waals surface area contributed by atoms with Crippen molar-refractivity contribution in [2.75, 3.05) is 12.3 Å². The van der Waals surface area contributed by atoms with Crippen molar-refractivity contribution in [3.05, 3.63) is 6.33 Å². The maximum absolute atomic E-state index is 5.86. The van der Waals surface area contributed by atoms with Gasteiger partial charge < -0.3 is 15.2 Å². The van der Waals surface area contributed by atoms with E-state index in [1.54, 1.807) is 0 Å². The highest BCUT2D eigenvalue weighted by Gasteiger charge is 2.23. The molecule has 1 aliphatic carbocycles. The molecule has 1 heterocycles. The molecule has 1 saturated carbocycles. The van der Waals surface area contributed by atoms with Crippen LogP contribution in [0.1, 0.15) is 26.7 Å². The summed E-state index contributed by atoms with van der Waals surface area (Å²) in [4.78, 5) is 7.99. The molecule has 0 aliphatic heterocycles. The van der Waals surface area contributed by atoms with Gasteiger partial charge in [-0.2, -0.15) is 9.97 Å². The van der Waals surface area contributed by atoms with Gasteiger partial charge in [-0.05, 0) is 32.6 Å². The predicted octanol–water partition coefficient (Wildman–Crippen LogP) is 1.63. The lowest BCUT2D eigenvalue weighted by atomic mass is 10.4. The molecule has 1 aliphatic rings. The summed E-state index contributed by atoms with van der Waals surface area (Å²) in [5.74, 6) is 1.50. The van der Waals surface area contributed by atoms with Gasteiger partial charge in [-0.15, -0.1) is 0 Å². The van der Waals surface area contributed by atoms with Crippen LogP contribution in [0.2, 0.25) is 0 Å². The second-order valence-electron chi connectivity index (χ2n) is 4.32. The number of anilines is 1. The largest absolute Gasteiger partial charge is 0.476 e. The van der Waals surface area contributed by atoms with Crippen molar-refractivity contribution < 1.29 is 9.47 Å². The highest BCUT2D eigenvalue weighted by atomic mass is 16.5. The zero-order valence-electron chi connectivity index (χ0n) is 9.64. The Morgan fingerprint density at radius 2 is 2.06 bits per heavy atom. The zero-order valence-corrected chi connectivity index (χ0v) is 9.64. The lowest BCUT2D eigenvalue weighted by Crippen LogP contribution is -2.11. The van der Waals surface area contributed by atoms with E-state index < -0.39 is 0 Å². The van der Waals surface area contributed by atoms with E-state index in [9.17, 15) is 0 Å². The smallest absolute Gasteiger partial charge is 0.244 e. The summed E-state index contributed by atoms with van der Waals surface area (Å²) < 4.78 is 11.0. The van der Waals surface area contributed by atoms with E-state index in [1.807, 2.05) is 13.8 Å². The Hall–Kier alpha value is -1.52. The molecule has 0 atom stereocenters. The molecule has 0 spiro atoms. The molecule has 0 bridgehead atoms. The van der Waals surface area contributed by atoms with Crippen molar-refractivity contribution in [2.45, 2.75) is 32.8 Å². The summed E-state index contributed by atoms with van der Waals surface area (Å²) in [6.07, 6.45) is 3.92. The minimum Gasteiger partial charge on any atom is -0.476 e. The third kappa shape index (κ3) is 2.74. The summed E-state index contributed by atoms with van der Waals surface area (Å²) in [6.45, 7) is 4.53. The fraction of sp³-hybridized carbons (Fsp3) is 0.636. The number of nitrogen functional groups attached to an aromatic ring is 1. The first kappa shape index (κ1) is 11.0. The zero-order chi connectivity index (χ0) is 11.5. The normalized spacial score (nSPS) is 15.2. The van der Waals surface area contributed by atoms with E-state index >= 15 is 0 Å². The van der Waals surface area contributed by atoms with Crippen molar-refractivity contribution in [1.29, 1.82) is 0 Å². The van der Waals surface area contributed by atoms with Crippen molar-refractivity contribution in [3.8, 4) is 11.8 Å². The minimum atomic E-state index is 0.0356. The molecule has 2 N–H and O–H groups in total. The van der Waals surface area contributed by atoms with E-state index in [-0.39, 0.29) is 6.10 Å². The third-order valence-electron chi connectivity index (χ3n) is 2.31. The van der Waals surface area contributed by atoms with Crippen LogP contribution in [-0.4, -0.2) is 22.7 Å². The Labute approximate surface area is 95.0 Å². The van der Waals surface area contributed by atoms with Crippen LogP contribution in [0.4, 0.5) is 5.69 Å². The van der Waals surface area contributed by atoms with Gasteiger partial charge in [0.25, 0.3) is 0 Å². The van der Waals surface area contributed by atoms with Crippen molar-refractivity contribution in [1.82, 2.24) is 9.97 Å². The van der Waals surface area contributed by atoms with Gasteiger partial charge >= 0.3 is 0 Å². The maximum atomic E-state index is 5.86. The van der Waals surface area contributed by atoms with Crippen molar-refractivity contribution in [2.24, 2.45) is 5.92 Å². The number of rotatable bonds is 5. The van der Waals surface area contributed by atoms with E-state index in [0.29, 0.717) is 30.0 Å². The van der Waals surface area contributed by atoms with Gasteiger partial charge in [-0.25, -0.2) is 0 Å². The Kier molecular flexibility index (Phi) is 3.12. The Balaban J connectivity index is 2.05. The molecule has 2 rings (SSSR count). The second kappa shape index (κ2) is 4.55. The second-order valence-corrected chi connectivity index (χ2v) is 4.32. The van der Waals surface area contributed by atoms with E-state index in [2.05, 4.69) is 9.97 Å².